The van der Waals surface area contributed by atoms with Crippen LogP contribution < -0.4 is 10.1 Å². The molecule has 1 amide bonds. The average Bonchev–Trinajstić information content (AvgIpc) is 2.95. The molecule has 2 rings (SSSR count). The third-order valence-electron chi connectivity index (χ3n) is 3.78. The molecule has 116 valence electrons. The standard InChI is InChI=1S/C16H24N2O3/c1-2-21-15-7-5-13(6-8-15)17-16(20)9-11-18-10-3-4-14(18)12-19/h5-8,14,19H,2-4,9-12H2,1H3,(H,17,20)/t14-/m1/s1. The third kappa shape index (κ3) is 4.72. The number of ether oxygens (including phenoxy) is 1. The van der Waals surface area contributed by atoms with Crippen LogP contribution in [0, 0.1) is 0 Å². The van der Waals surface area contributed by atoms with Crippen molar-refractivity contribution >= 4 is 11.6 Å². The van der Waals surface area contributed by atoms with Gasteiger partial charge >= 0.3 is 0 Å². The fraction of sp³-hybridized carbons (Fsp3) is 0.562. The molecular weight excluding hydrogens is 268 g/mol. The van der Waals surface area contributed by atoms with Crippen LogP contribution in [0.5, 0.6) is 5.75 Å². The summed E-state index contributed by atoms with van der Waals surface area (Å²) in [5.74, 6) is 0.807. The lowest BCUT2D eigenvalue weighted by Crippen LogP contribution is -2.34. The minimum absolute atomic E-state index is 0.00255. The summed E-state index contributed by atoms with van der Waals surface area (Å²) in [4.78, 5) is 14.1. The highest BCUT2D eigenvalue weighted by Crippen LogP contribution is 2.18. The van der Waals surface area contributed by atoms with Crippen LogP contribution >= 0.6 is 0 Å². The van der Waals surface area contributed by atoms with E-state index in [1.165, 1.54) is 0 Å². The molecule has 5 heteroatoms. The second-order valence-electron chi connectivity index (χ2n) is 5.27. The first-order valence-corrected chi connectivity index (χ1v) is 7.60. The van der Waals surface area contributed by atoms with Crippen molar-refractivity contribution in [3.05, 3.63) is 24.3 Å². The third-order valence-corrected chi connectivity index (χ3v) is 3.78. The van der Waals surface area contributed by atoms with Crippen molar-refractivity contribution in [3.8, 4) is 5.75 Å². The van der Waals surface area contributed by atoms with E-state index in [2.05, 4.69) is 10.2 Å². The average molecular weight is 292 g/mol. The molecule has 21 heavy (non-hydrogen) atoms. The van der Waals surface area contributed by atoms with Crippen molar-refractivity contribution in [2.45, 2.75) is 32.2 Å². The number of benzene rings is 1. The number of nitrogens with one attached hydrogen (secondary N) is 1. The maximum absolute atomic E-state index is 11.9. The number of likely N-dealkylation sites (tertiary alicyclic amines) is 1. The SMILES string of the molecule is CCOc1ccc(NC(=O)CCN2CCC[C@@H]2CO)cc1. The van der Waals surface area contributed by atoms with Gasteiger partial charge in [0.2, 0.25) is 5.91 Å². The van der Waals surface area contributed by atoms with E-state index in [9.17, 15) is 9.90 Å². The van der Waals surface area contributed by atoms with Crippen LogP contribution in [0.25, 0.3) is 0 Å². The van der Waals surface area contributed by atoms with Crippen LogP contribution in [0.2, 0.25) is 0 Å². The van der Waals surface area contributed by atoms with Crippen molar-refractivity contribution < 1.29 is 14.6 Å². The van der Waals surface area contributed by atoms with Gasteiger partial charge in [-0.2, -0.15) is 0 Å². The predicted octanol–water partition coefficient (Wildman–Crippen LogP) is 1.87. The molecule has 0 radical (unpaired) electrons. The molecule has 1 fully saturated rings. The Kier molecular flexibility index (Phi) is 6.02. The lowest BCUT2D eigenvalue weighted by Gasteiger charge is -2.22. The van der Waals surface area contributed by atoms with E-state index in [1.807, 2.05) is 31.2 Å². The van der Waals surface area contributed by atoms with Crippen molar-refractivity contribution in [3.63, 3.8) is 0 Å². The molecule has 5 nitrogen and oxygen atoms in total. The molecule has 1 heterocycles. The molecule has 0 bridgehead atoms. The smallest absolute Gasteiger partial charge is 0.225 e. The number of hydrogen-bond acceptors (Lipinski definition) is 4. The molecule has 1 aromatic rings. The van der Waals surface area contributed by atoms with Crippen LogP contribution in [-0.4, -0.2) is 48.3 Å². The van der Waals surface area contributed by atoms with E-state index in [4.69, 9.17) is 4.74 Å². The first-order valence-electron chi connectivity index (χ1n) is 7.60. The van der Waals surface area contributed by atoms with E-state index in [1.54, 1.807) is 0 Å². The number of rotatable bonds is 7. The van der Waals surface area contributed by atoms with Gasteiger partial charge in [0.1, 0.15) is 5.75 Å². The Labute approximate surface area is 125 Å². The monoisotopic (exact) mass is 292 g/mol. The van der Waals surface area contributed by atoms with E-state index >= 15 is 0 Å². The lowest BCUT2D eigenvalue weighted by molar-refractivity contribution is -0.116. The summed E-state index contributed by atoms with van der Waals surface area (Å²) >= 11 is 0. The topological polar surface area (TPSA) is 61.8 Å². The second-order valence-corrected chi connectivity index (χ2v) is 5.27. The number of carbonyl (C=O) groups is 1. The highest BCUT2D eigenvalue weighted by molar-refractivity contribution is 5.90. The fourth-order valence-corrected chi connectivity index (χ4v) is 2.67. The summed E-state index contributed by atoms with van der Waals surface area (Å²) in [7, 11) is 0. The van der Waals surface area contributed by atoms with Gasteiger partial charge in [-0.1, -0.05) is 0 Å². The van der Waals surface area contributed by atoms with Gasteiger partial charge in [-0.15, -0.1) is 0 Å². The van der Waals surface area contributed by atoms with Crippen molar-refractivity contribution in [1.82, 2.24) is 4.90 Å². The van der Waals surface area contributed by atoms with E-state index in [-0.39, 0.29) is 18.6 Å². The molecule has 0 spiro atoms. The largest absolute Gasteiger partial charge is 0.494 e. The molecule has 1 saturated heterocycles. The zero-order valence-electron chi connectivity index (χ0n) is 12.5. The molecule has 0 unspecified atom stereocenters. The Hall–Kier alpha value is -1.59. The summed E-state index contributed by atoms with van der Waals surface area (Å²) in [6.07, 6.45) is 2.58. The Morgan fingerprint density at radius 1 is 1.43 bits per heavy atom. The zero-order chi connectivity index (χ0) is 15.1. The van der Waals surface area contributed by atoms with Gasteiger partial charge in [0.15, 0.2) is 0 Å². The highest BCUT2D eigenvalue weighted by atomic mass is 16.5. The minimum Gasteiger partial charge on any atom is -0.494 e. The normalized spacial score (nSPS) is 18.7. The zero-order valence-corrected chi connectivity index (χ0v) is 12.5. The number of aliphatic hydroxyl groups is 1. The summed E-state index contributed by atoms with van der Waals surface area (Å²) in [6.45, 7) is 4.43. The second kappa shape index (κ2) is 8.00. The Morgan fingerprint density at radius 2 is 2.19 bits per heavy atom. The maximum atomic E-state index is 11.9. The Balaban J connectivity index is 1.76. The summed E-state index contributed by atoms with van der Waals surface area (Å²) in [5.41, 5.74) is 0.781. The number of aliphatic hydroxyl groups excluding tert-OH is 1. The number of amides is 1. The van der Waals surface area contributed by atoms with Crippen LogP contribution in [0.4, 0.5) is 5.69 Å². The van der Waals surface area contributed by atoms with Gasteiger partial charge in [0, 0.05) is 24.7 Å². The number of anilines is 1. The number of carbonyl (C=O) groups excluding carboxylic acids is 1. The number of hydrogen-bond donors (Lipinski definition) is 2. The molecule has 0 aliphatic carbocycles. The molecule has 1 aliphatic heterocycles. The molecule has 1 aliphatic rings. The van der Waals surface area contributed by atoms with Crippen molar-refractivity contribution in [2.24, 2.45) is 0 Å². The van der Waals surface area contributed by atoms with Gasteiger partial charge < -0.3 is 15.2 Å². The van der Waals surface area contributed by atoms with Crippen molar-refractivity contribution in [2.75, 3.05) is 31.6 Å². The van der Waals surface area contributed by atoms with Crippen LogP contribution in [-0.2, 0) is 4.79 Å². The molecule has 1 atom stereocenters. The minimum atomic E-state index is 0.00255. The van der Waals surface area contributed by atoms with Crippen LogP contribution in [0.1, 0.15) is 26.2 Å². The van der Waals surface area contributed by atoms with Gasteiger partial charge in [-0.05, 0) is 50.6 Å². The first-order chi connectivity index (χ1) is 10.2. The molecule has 2 N–H and O–H groups in total. The number of nitrogens with zero attached hydrogens (tertiary/aromatic N) is 1. The quantitative estimate of drug-likeness (QED) is 0.805. The van der Waals surface area contributed by atoms with Gasteiger partial charge in [-0.25, -0.2) is 0 Å². The summed E-state index contributed by atoms with van der Waals surface area (Å²) in [6, 6.07) is 7.61. The van der Waals surface area contributed by atoms with Crippen LogP contribution in [0.15, 0.2) is 24.3 Å². The molecule has 0 aromatic heterocycles. The Morgan fingerprint density at radius 3 is 2.86 bits per heavy atom. The fourth-order valence-electron chi connectivity index (χ4n) is 2.67. The molecule has 0 saturated carbocycles. The van der Waals surface area contributed by atoms with Gasteiger partial charge in [0.25, 0.3) is 0 Å². The molecule has 1 aromatic carbocycles. The highest BCUT2D eigenvalue weighted by Gasteiger charge is 2.23. The first kappa shape index (κ1) is 15.8. The van der Waals surface area contributed by atoms with E-state index in [0.29, 0.717) is 19.6 Å². The molecular formula is C16H24N2O3. The van der Waals surface area contributed by atoms with E-state index < -0.39 is 0 Å². The summed E-state index contributed by atoms with van der Waals surface area (Å²) < 4.78 is 5.36. The van der Waals surface area contributed by atoms with Crippen LogP contribution in [0.3, 0.4) is 0 Å². The predicted molar refractivity (Wildman–Crippen MR) is 82.5 cm³/mol. The lowest BCUT2D eigenvalue weighted by atomic mass is 10.2. The Bertz CT molecular complexity index is 447. The maximum Gasteiger partial charge on any atom is 0.225 e. The van der Waals surface area contributed by atoms with Crippen molar-refractivity contribution in [1.29, 1.82) is 0 Å². The van der Waals surface area contributed by atoms with Gasteiger partial charge in [-0.3, -0.25) is 9.69 Å². The van der Waals surface area contributed by atoms with E-state index in [0.717, 1.165) is 30.8 Å². The van der Waals surface area contributed by atoms with Gasteiger partial charge in [0.05, 0.1) is 13.2 Å². The summed E-state index contributed by atoms with van der Waals surface area (Å²) in [5, 5.41) is 12.1.